The zero-order valence-electron chi connectivity index (χ0n) is 18.5. The van der Waals surface area contributed by atoms with E-state index in [1.165, 1.54) is 5.56 Å². The summed E-state index contributed by atoms with van der Waals surface area (Å²) in [5, 5.41) is 0. The highest BCUT2D eigenvalue weighted by Gasteiger charge is 2.13. The van der Waals surface area contributed by atoms with Crippen LogP contribution in [0.5, 0.6) is 11.6 Å². The zero-order valence-corrected chi connectivity index (χ0v) is 20.9. The van der Waals surface area contributed by atoms with E-state index in [1.54, 1.807) is 24.9 Å². The van der Waals surface area contributed by atoms with Crippen LogP contribution >= 0.6 is 27.7 Å². The first-order chi connectivity index (χ1) is 16.0. The summed E-state index contributed by atoms with van der Waals surface area (Å²) in [5.41, 5.74) is 2.05. The molecule has 0 aliphatic heterocycles. The monoisotopic (exact) mass is 527 g/mol. The van der Waals surface area contributed by atoms with Crippen LogP contribution in [-0.2, 0) is 21.7 Å². The molecule has 0 saturated carbocycles. The molecule has 3 aromatic rings. The number of ether oxygens (including phenoxy) is 3. The van der Waals surface area contributed by atoms with E-state index in [0.29, 0.717) is 12.4 Å². The normalized spacial score (nSPS) is 10.5. The lowest BCUT2D eigenvalue weighted by Crippen LogP contribution is -2.14. The molecule has 0 saturated heterocycles. The second-order valence-corrected chi connectivity index (χ2v) is 9.02. The van der Waals surface area contributed by atoms with E-state index in [-0.39, 0.29) is 11.6 Å². The van der Waals surface area contributed by atoms with Crippen molar-refractivity contribution in [3.63, 3.8) is 0 Å². The van der Waals surface area contributed by atoms with E-state index in [4.69, 9.17) is 14.2 Å². The average molecular weight is 528 g/mol. The van der Waals surface area contributed by atoms with E-state index in [2.05, 4.69) is 27.5 Å². The lowest BCUT2D eigenvalue weighted by atomic mass is 10.1. The van der Waals surface area contributed by atoms with Gasteiger partial charge in [0.1, 0.15) is 5.75 Å². The fourth-order valence-electron chi connectivity index (χ4n) is 2.94. The number of hydrogen-bond acceptors (Lipinski definition) is 6. The highest BCUT2D eigenvalue weighted by molar-refractivity contribution is 9.10. The van der Waals surface area contributed by atoms with E-state index < -0.39 is 5.97 Å². The van der Waals surface area contributed by atoms with Crippen LogP contribution in [0.15, 0.2) is 88.4 Å². The Hall–Kier alpha value is -2.77. The van der Waals surface area contributed by atoms with Gasteiger partial charge in [-0.25, -0.2) is 9.78 Å². The van der Waals surface area contributed by atoms with Crippen LogP contribution in [0.2, 0.25) is 0 Å². The summed E-state index contributed by atoms with van der Waals surface area (Å²) in [6.45, 7) is 4.09. The number of halogens is 1. The molecule has 0 spiro atoms. The van der Waals surface area contributed by atoms with Crippen molar-refractivity contribution in [3.05, 3.63) is 94.8 Å². The number of hydrogen-bond donors (Lipinski definition) is 0. The van der Waals surface area contributed by atoms with Gasteiger partial charge in [-0.15, -0.1) is 11.8 Å². The van der Waals surface area contributed by atoms with Gasteiger partial charge in [0.05, 0.1) is 19.4 Å². The first kappa shape index (κ1) is 24.9. The van der Waals surface area contributed by atoms with Gasteiger partial charge in [-0.1, -0.05) is 30.3 Å². The average Bonchev–Trinajstić information content (AvgIpc) is 2.84. The van der Waals surface area contributed by atoms with E-state index >= 15 is 0 Å². The van der Waals surface area contributed by atoms with Gasteiger partial charge >= 0.3 is 5.97 Å². The minimum Gasteiger partial charge on any atom is -0.497 e. The second kappa shape index (κ2) is 13.1. The maximum atomic E-state index is 12.3. The number of aromatic nitrogens is 1. The molecule has 0 aliphatic carbocycles. The minimum absolute atomic E-state index is 0.0192. The highest BCUT2D eigenvalue weighted by atomic mass is 79.9. The third-order valence-corrected chi connectivity index (χ3v) is 6.77. The van der Waals surface area contributed by atoms with Gasteiger partial charge in [-0.2, -0.15) is 0 Å². The minimum atomic E-state index is -0.631. The molecule has 0 bridgehead atoms. The summed E-state index contributed by atoms with van der Waals surface area (Å²) >= 11 is 5.19. The largest absolute Gasteiger partial charge is 0.497 e. The van der Waals surface area contributed by atoms with Gasteiger partial charge in [-0.05, 0) is 77.7 Å². The highest BCUT2D eigenvalue weighted by Crippen LogP contribution is 2.29. The summed E-state index contributed by atoms with van der Waals surface area (Å²) in [4.78, 5) is 17.8. The molecule has 1 aromatic heterocycles. The van der Waals surface area contributed by atoms with Crippen LogP contribution in [0.3, 0.4) is 0 Å². The Bertz CT molecular complexity index is 1070. The lowest BCUT2D eigenvalue weighted by molar-refractivity contribution is -0.134. The van der Waals surface area contributed by atoms with Crippen molar-refractivity contribution in [2.75, 3.05) is 13.7 Å². The molecule has 172 valence electrons. The number of carbonyl (C=O) groups is 1. The van der Waals surface area contributed by atoms with Crippen LogP contribution in [0.1, 0.15) is 24.1 Å². The number of carbonyl (C=O) groups excluding carboxylic acids is 1. The summed E-state index contributed by atoms with van der Waals surface area (Å²) < 4.78 is 17.0. The van der Waals surface area contributed by atoms with Gasteiger partial charge in [-0.3, -0.25) is 0 Å². The summed E-state index contributed by atoms with van der Waals surface area (Å²) in [6.07, 6.45) is 2.67. The number of nitrogens with zero attached hydrogens (tertiary/aromatic N) is 1. The van der Waals surface area contributed by atoms with Crippen molar-refractivity contribution in [1.29, 1.82) is 0 Å². The Morgan fingerprint density at radius 2 is 1.82 bits per heavy atom. The van der Waals surface area contributed by atoms with Crippen molar-refractivity contribution in [2.24, 2.45) is 0 Å². The van der Waals surface area contributed by atoms with Gasteiger partial charge in [0.15, 0.2) is 5.76 Å². The molecule has 0 N–H and O–H groups in total. The summed E-state index contributed by atoms with van der Waals surface area (Å²) in [5.74, 6) is 1.08. The molecular weight excluding hydrogens is 502 g/mol. The third kappa shape index (κ3) is 8.26. The van der Waals surface area contributed by atoms with Crippen LogP contribution in [0.4, 0.5) is 0 Å². The molecule has 0 aliphatic rings. The molecule has 33 heavy (non-hydrogen) atoms. The Morgan fingerprint density at radius 1 is 1.03 bits per heavy atom. The van der Waals surface area contributed by atoms with Crippen LogP contribution in [-0.4, -0.2) is 24.7 Å². The fourth-order valence-corrected chi connectivity index (χ4v) is 4.41. The van der Waals surface area contributed by atoms with Gasteiger partial charge < -0.3 is 14.2 Å². The number of thioether (sulfide) groups is 1. The molecule has 7 heteroatoms. The molecule has 0 atom stereocenters. The molecule has 0 radical (unpaired) electrons. The molecule has 3 rings (SSSR count). The fraction of sp³-hybridized carbons (Fsp3) is 0.231. The van der Waals surface area contributed by atoms with E-state index in [0.717, 1.165) is 40.1 Å². The smallest absolute Gasteiger partial charge is 0.379 e. The number of benzene rings is 2. The SMILES string of the molecule is C=C(OCCCCc1ccc(OC)cc1)C(=O)Oc1cccc(CSc2ccccc2Br)n1. The number of rotatable bonds is 12. The Morgan fingerprint density at radius 3 is 2.58 bits per heavy atom. The van der Waals surface area contributed by atoms with E-state index in [9.17, 15) is 4.79 Å². The van der Waals surface area contributed by atoms with Crippen molar-refractivity contribution < 1.29 is 19.0 Å². The number of esters is 1. The second-order valence-electron chi connectivity index (χ2n) is 7.15. The Balaban J connectivity index is 1.38. The predicted octanol–water partition coefficient (Wildman–Crippen LogP) is 6.60. The van der Waals surface area contributed by atoms with E-state index in [1.807, 2.05) is 60.7 Å². The molecule has 2 aromatic carbocycles. The first-order valence-corrected chi connectivity index (χ1v) is 12.3. The van der Waals surface area contributed by atoms with Crippen molar-refractivity contribution in [3.8, 4) is 11.6 Å². The van der Waals surface area contributed by atoms with Crippen molar-refractivity contribution >= 4 is 33.7 Å². The molecule has 0 fully saturated rings. The number of aryl methyl sites for hydroxylation is 1. The Labute approximate surface area is 207 Å². The number of pyridine rings is 1. The first-order valence-electron chi connectivity index (χ1n) is 10.5. The van der Waals surface area contributed by atoms with Crippen molar-refractivity contribution in [1.82, 2.24) is 4.98 Å². The van der Waals surface area contributed by atoms with Crippen LogP contribution in [0, 0.1) is 0 Å². The Kier molecular flexibility index (Phi) is 9.84. The molecule has 1 heterocycles. The number of unbranched alkanes of at least 4 members (excludes halogenated alkanes) is 1. The van der Waals surface area contributed by atoms with Gasteiger partial charge in [0.25, 0.3) is 0 Å². The zero-order chi connectivity index (χ0) is 23.5. The van der Waals surface area contributed by atoms with Crippen LogP contribution in [0.25, 0.3) is 0 Å². The standard InChI is InChI=1S/C26H26BrNO4S/c1-19(31-17-6-5-8-20-13-15-22(30-2)16-14-20)26(29)32-25-12-7-9-21(28-25)18-33-24-11-4-3-10-23(24)27/h3-4,7,9-16H,1,5-6,8,17-18H2,2H3. The molecule has 0 unspecified atom stereocenters. The molecule has 5 nitrogen and oxygen atoms in total. The molecular formula is C26H26BrNO4S. The third-order valence-electron chi connectivity index (χ3n) is 4.71. The maximum absolute atomic E-state index is 12.3. The lowest BCUT2D eigenvalue weighted by Gasteiger charge is -2.09. The van der Waals surface area contributed by atoms with Crippen molar-refractivity contribution in [2.45, 2.75) is 29.9 Å². The van der Waals surface area contributed by atoms with Crippen LogP contribution < -0.4 is 9.47 Å². The quantitative estimate of drug-likeness (QED) is 0.0868. The summed E-state index contributed by atoms with van der Waals surface area (Å²) in [7, 11) is 1.65. The summed E-state index contributed by atoms with van der Waals surface area (Å²) in [6, 6.07) is 21.4. The van der Waals surface area contributed by atoms with Gasteiger partial charge in [0.2, 0.25) is 5.88 Å². The molecule has 0 amide bonds. The topological polar surface area (TPSA) is 57.7 Å². The maximum Gasteiger partial charge on any atom is 0.379 e. The van der Waals surface area contributed by atoms with Gasteiger partial charge in [0, 0.05) is 21.2 Å². The predicted molar refractivity (Wildman–Crippen MR) is 135 cm³/mol. The number of methoxy groups -OCH3 is 1.